The van der Waals surface area contributed by atoms with Gasteiger partial charge >= 0.3 is 5.97 Å². The molecule has 5 nitrogen and oxygen atoms in total. The highest BCUT2D eigenvalue weighted by Crippen LogP contribution is 2.55. The molecule has 2 bridgehead atoms. The molecule has 2 N–H and O–H groups in total. The van der Waals surface area contributed by atoms with Crippen LogP contribution >= 0.6 is 0 Å². The van der Waals surface area contributed by atoms with Gasteiger partial charge in [-0.3, -0.25) is 4.79 Å². The first-order chi connectivity index (χ1) is 13.1. The van der Waals surface area contributed by atoms with Gasteiger partial charge < -0.3 is 19.7 Å². The number of hydrogen-bond acceptors (Lipinski definition) is 4. The van der Waals surface area contributed by atoms with E-state index in [0.29, 0.717) is 24.2 Å². The molecule has 150 valence electrons. The number of carboxylic acid groups (broad SMARTS) is 1. The van der Waals surface area contributed by atoms with Gasteiger partial charge in [0.05, 0.1) is 18.3 Å². The average molecular weight is 376 g/mol. The minimum atomic E-state index is -0.733. The Balaban J connectivity index is 1.31. The van der Waals surface area contributed by atoms with E-state index < -0.39 is 5.97 Å². The second kappa shape index (κ2) is 8.46. The quantitative estimate of drug-likeness (QED) is 0.366. The smallest absolute Gasteiger partial charge is 0.303 e. The monoisotopic (exact) mass is 376 g/mol. The Hall–Kier alpha value is -1.17. The molecular weight excluding hydrogens is 344 g/mol. The summed E-state index contributed by atoms with van der Waals surface area (Å²) in [7, 11) is 0. The third kappa shape index (κ3) is 4.30. The Bertz CT molecular complexity index is 579. The van der Waals surface area contributed by atoms with Gasteiger partial charge in [-0.2, -0.15) is 0 Å². The second-order valence-electron chi connectivity index (χ2n) is 8.64. The normalized spacial score (nSPS) is 39.3. The van der Waals surface area contributed by atoms with Crippen LogP contribution in [0.25, 0.3) is 0 Å². The van der Waals surface area contributed by atoms with Gasteiger partial charge in [0.1, 0.15) is 12.2 Å². The van der Waals surface area contributed by atoms with Crippen molar-refractivity contribution >= 4 is 5.97 Å². The highest BCUT2D eigenvalue weighted by molar-refractivity contribution is 5.66. The molecule has 0 amide bonds. The zero-order valence-corrected chi connectivity index (χ0v) is 15.9. The van der Waals surface area contributed by atoms with Crippen LogP contribution in [0.1, 0.15) is 57.8 Å². The highest BCUT2D eigenvalue weighted by atomic mass is 16.7. The molecule has 4 rings (SSSR count). The summed E-state index contributed by atoms with van der Waals surface area (Å²) >= 11 is 0. The lowest BCUT2D eigenvalue weighted by molar-refractivity contribution is -0.137. The molecule has 3 aliphatic heterocycles. The standard InChI is InChI=1S/C22H32O5/c23-17(14-8-4-3-5-9-14)13-12-16-15(10-6-1-2-7-11-18(24)25)19-21-22(27-21)20(16)26-19/h1,6,12-17,19-23H,2-5,7-11H2,(H,24,25)/b6-1-,13-12+/t15?,16-,17?,19-,20+,21+,22-/m1/s1. The summed E-state index contributed by atoms with van der Waals surface area (Å²) in [5, 5.41) is 19.3. The zero-order chi connectivity index (χ0) is 18.8. The van der Waals surface area contributed by atoms with Gasteiger partial charge in [0.15, 0.2) is 0 Å². The van der Waals surface area contributed by atoms with Crippen LogP contribution in [0.3, 0.4) is 0 Å². The van der Waals surface area contributed by atoms with Crippen molar-refractivity contribution in [2.75, 3.05) is 0 Å². The fourth-order valence-electron chi connectivity index (χ4n) is 5.28. The molecule has 0 aromatic heterocycles. The Morgan fingerprint density at radius 1 is 1.04 bits per heavy atom. The molecule has 2 unspecified atom stereocenters. The van der Waals surface area contributed by atoms with Crippen LogP contribution < -0.4 is 0 Å². The lowest BCUT2D eigenvalue weighted by Crippen LogP contribution is -2.32. The topological polar surface area (TPSA) is 79.3 Å². The number of ether oxygens (including phenoxy) is 2. The number of aliphatic carboxylic acids is 1. The largest absolute Gasteiger partial charge is 0.481 e. The molecule has 4 aliphatic rings. The van der Waals surface area contributed by atoms with Gasteiger partial charge in [0, 0.05) is 18.3 Å². The van der Waals surface area contributed by atoms with Crippen molar-refractivity contribution in [1.82, 2.24) is 0 Å². The first-order valence-corrected chi connectivity index (χ1v) is 10.7. The predicted molar refractivity (Wildman–Crippen MR) is 101 cm³/mol. The van der Waals surface area contributed by atoms with E-state index in [-0.39, 0.29) is 36.9 Å². The molecule has 27 heavy (non-hydrogen) atoms. The Morgan fingerprint density at radius 2 is 1.78 bits per heavy atom. The fraction of sp³-hybridized carbons (Fsp3) is 0.773. The van der Waals surface area contributed by atoms with Crippen molar-refractivity contribution in [2.45, 2.75) is 88.3 Å². The van der Waals surface area contributed by atoms with E-state index in [1.54, 1.807) is 0 Å². The summed E-state index contributed by atoms with van der Waals surface area (Å²) in [5.41, 5.74) is 0. The number of fused-ring (bicyclic) bond motifs is 5. The summed E-state index contributed by atoms with van der Waals surface area (Å²) in [6.45, 7) is 0. The molecule has 0 aromatic carbocycles. The first-order valence-electron chi connectivity index (χ1n) is 10.7. The van der Waals surface area contributed by atoms with E-state index in [0.717, 1.165) is 25.7 Å². The third-order valence-electron chi connectivity index (χ3n) is 6.82. The number of carboxylic acids is 1. The van der Waals surface area contributed by atoms with E-state index in [1.807, 2.05) is 6.08 Å². The number of rotatable bonds is 9. The van der Waals surface area contributed by atoms with Gasteiger partial charge in [-0.15, -0.1) is 0 Å². The molecule has 3 saturated heterocycles. The lowest BCUT2D eigenvalue weighted by Gasteiger charge is -2.26. The first kappa shape index (κ1) is 19.2. The Labute approximate surface area is 161 Å². The molecule has 4 fully saturated rings. The van der Waals surface area contributed by atoms with Crippen LogP contribution in [0, 0.1) is 17.8 Å². The van der Waals surface area contributed by atoms with Crippen molar-refractivity contribution < 1.29 is 24.5 Å². The SMILES string of the molecule is O=C(O)CCC/C=C\CC1[C@@H](/C=C/C(O)C2CCCCC2)[C@@H]2O[C@H]1[C@@H]1O[C@H]21. The predicted octanol–water partition coefficient (Wildman–Crippen LogP) is 3.47. The average Bonchev–Trinajstić information content (AvgIpc) is 3.30. The third-order valence-corrected chi connectivity index (χ3v) is 6.82. The van der Waals surface area contributed by atoms with Crippen molar-refractivity contribution in [3.63, 3.8) is 0 Å². The Morgan fingerprint density at radius 3 is 2.56 bits per heavy atom. The van der Waals surface area contributed by atoms with E-state index in [2.05, 4.69) is 18.2 Å². The molecule has 1 saturated carbocycles. The van der Waals surface area contributed by atoms with E-state index in [1.165, 1.54) is 19.3 Å². The number of aliphatic hydroxyl groups excluding tert-OH is 1. The molecular formula is C22H32O5. The molecule has 3 heterocycles. The minimum Gasteiger partial charge on any atom is -0.481 e. The molecule has 0 radical (unpaired) electrons. The molecule has 0 spiro atoms. The van der Waals surface area contributed by atoms with Gasteiger partial charge in [-0.05, 0) is 38.0 Å². The highest BCUT2D eigenvalue weighted by Gasteiger charge is 2.68. The van der Waals surface area contributed by atoms with E-state index >= 15 is 0 Å². The molecule has 7 atom stereocenters. The van der Waals surface area contributed by atoms with Gasteiger partial charge in [0.2, 0.25) is 0 Å². The van der Waals surface area contributed by atoms with Crippen LogP contribution in [0.5, 0.6) is 0 Å². The van der Waals surface area contributed by atoms with Crippen LogP contribution in [-0.4, -0.2) is 46.7 Å². The molecule has 0 aromatic rings. The molecule has 5 heteroatoms. The van der Waals surface area contributed by atoms with Crippen LogP contribution in [0.15, 0.2) is 24.3 Å². The van der Waals surface area contributed by atoms with Crippen molar-refractivity contribution in [1.29, 1.82) is 0 Å². The molecule has 1 aliphatic carbocycles. The van der Waals surface area contributed by atoms with Crippen molar-refractivity contribution in [2.24, 2.45) is 17.8 Å². The van der Waals surface area contributed by atoms with Crippen LogP contribution in [-0.2, 0) is 14.3 Å². The van der Waals surface area contributed by atoms with Gasteiger partial charge in [-0.25, -0.2) is 0 Å². The maximum atomic E-state index is 10.6. The summed E-state index contributed by atoms with van der Waals surface area (Å²) in [6.07, 6.45) is 17.7. The van der Waals surface area contributed by atoms with Crippen molar-refractivity contribution in [3.8, 4) is 0 Å². The number of hydrogen-bond donors (Lipinski definition) is 2. The minimum absolute atomic E-state index is 0.139. The van der Waals surface area contributed by atoms with E-state index in [4.69, 9.17) is 14.6 Å². The van der Waals surface area contributed by atoms with E-state index in [9.17, 15) is 9.90 Å². The Kier molecular flexibility index (Phi) is 6.00. The summed E-state index contributed by atoms with van der Waals surface area (Å²) < 4.78 is 12.0. The van der Waals surface area contributed by atoms with Crippen LogP contribution in [0.2, 0.25) is 0 Å². The second-order valence-corrected chi connectivity index (χ2v) is 8.64. The maximum Gasteiger partial charge on any atom is 0.303 e. The van der Waals surface area contributed by atoms with Crippen LogP contribution in [0.4, 0.5) is 0 Å². The number of aliphatic hydroxyl groups is 1. The lowest BCUT2D eigenvalue weighted by atomic mass is 9.76. The zero-order valence-electron chi connectivity index (χ0n) is 15.9. The summed E-state index contributed by atoms with van der Waals surface area (Å²) in [4.78, 5) is 10.6. The van der Waals surface area contributed by atoms with Crippen molar-refractivity contribution in [3.05, 3.63) is 24.3 Å². The number of allylic oxidation sites excluding steroid dienone is 2. The maximum absolute atomic E-state index is 10.6. The number of epoxide rings is 1. The fourth-order valence-corrected chi connectivity index (χ4v) is 5.28. The number of carbonyl (C=O) groups is 1. The number of unbranched alkanes of at least 4 members (excludes halogenated alkanes) is 1. The summed E-state index contributed by atoms with van der Waals surface area (Å²) in [5.74, 6) is 0.375. The van der Waals surface area contributed by atoms with Gasteiger partial charge in [-0.1, -0.05) is 43.6 Å². The summed E-state index contributed by atoms with van der Waals surface area (Å²) in [6, 6.07) is 0. The van der Waals surface area contributed by atoms with Gasteiger partial charge in [0.25, 0.3) is 0 Å².